The zero-order valence-electron chi connectivity index (χ0n) is 15.0. The van der Waals surface area contributed by atoms with Gasteiger partial charge in [-0.15, -0.1) is 16.4 Å². The number of hydrogen-bond acceptors (Lipinski definition) is 6. The molecule has 2 N–H and O–H groups in total. The van der Waals surface area contributed by atoms with Crippen molar-refractivity contribution in [2.75, 3.05) is 32.7 Å². The molecular weight excluding hydrogens is 348 g/mol. The summed E-state index contributed by atoms with van der Waals surface area (Å²) < 4.78 is 1.77. The number of carbonyl (C=O) groups is 1. The number of fused-ring (bicyclic) bond motifs is 1. The fraction of sp³-hybridized carbons (Fsp3) is 0.611. The van der Waals surface area contributed by atoms with E-state index in [2.05, 4.69) is 31.2 Å². The molecule has 2 aromatic rings. The van der Waals surface area contributed by atoms with Crippen molar-refractivity contribution in [3.05, 3.63) is 33.3 Å². The van der Waals surface area contributed by atoms with Crippen LogP contribution in [0, 0.1) is 0 Å². The number of aromatic nitrogens is 3. The van der Waals surface area contributed by atoms with E-state index in [1.165, 1.54) is 35.3 Å². The third kappa shape index (κ3) is 4.13. The van der Waals surface area contributed by atoms with Gasteiger partial charge in [0.15, 0.2) is 5.69 Å². The number of nitrogens with one attached hydrogen (secondary N) is 2. The summed E-state index contributed by atoms with van der Waals surface area (Å²) >= 11 is 1.83. The largest absolute Gasteiger partial charge is 0.346 e. The van der Waals surface area contributed by atoms with Crippen molar-refractivity contribution in [3.8, 4) is 0 Å². The zero-order valence-corrected chi connectivity index (χ0v) is 15.9. The number of piperazine rings is 1. The van der Waals surface area contributed by atoms with Crippen LogP contribution in [0.15, 0.2) is 11.6 Å². The van der Waals surface area contributed by atoms with Crippen molar-refractivity contribution in [2.45, 2.75) is 38.8 Å². The van der Waals surface area contributed by atoms with Crippen molar-refractivity contribution in [2.24, 2.45) is 0 Å². The number of carbonyl (C=O) groups excluding carboxylic acids is 1. The number of thiophene rings is 1. The molecule has 1 saturated heterocycles. The molecule has 7 nitrogen and oxygen atoms in total. The summed E-state index contributed by atoms with van der Waals surface area (Å²) in [6, 6.07) is 0. The van der Waals surface area contributed by atoms with Crippen LogP contribution in [0.1, 0.15) is 39.3 Å². The second-order valence-electron chi connectivity index (χ2n) is 7.01. The molecule has 2 aliphatic rings. The van der Waals surface area contributed by atoms with E-state index in [1.54, 1.807) is 10.9 Å². The fourth-order valence-corrected chi connectivity index (χ4v) is 4.81. The standard InChI is InChI=1S/C18H26N6OS/c25-18(20-11-14-13-26-17-4-2-1-3-15(14)17)16-12-24(22-21-16)10-9-23-7-5-19-6-8-23/h12-13,19H,1-11H2,(H,20,25). The molecule has 0 aromatic carbocycles. The van der Waals surface area contributed by atoms with Gasteiger partial charge in [0.2, 0.25) is 0 Å². The molecule has 0 bridgehead atoms. The highest BCUT2D eigenvalue weighted by Crippen LogP contribution is 2.30. The van der Waals surface area contributed by atoms with E-state index in [9.17, 15) is 4.79 Å². The Labute approximate surface area is 157 Å². The highest BCUT2D eigenvalue weighted by molar-refractivity contribution is 7.10. The molecule has 1 aliphatic carbocycles. The number of nitrogens with zero attached hydrogens (tertiary/aromatic N) is 4. The van der Waals surface area contributed by atoms with Gasteiger partial charge < -0.3 is 10.6 Å². The molecular formula is C18H26N6OS. The average Bonchev–Trinajstić information content (AvgIpc) is 3.32. The summed E-state index contributed by atoms with van der Waals surface area (Å²) in [5.41, 5.74) is 3.12. The molecule has 140 valence electrons. The second kappa shape index (κ2) is 8.28. The third-order valence-corrected chi connectivity index (χ3v) is 6.35. The van der Waals surface area contributed by atoms with Crippen LogP contribution in [-0.2, 0) is 25.9 Å². The highest BCUT2D eigenvalue weighted by Gasteiger charge is 2.17. The van der Waals surface area contributed by atoms with Crippen LogP contribution in [-0.4, -0.2) is 58.5 Å². The molecule has 4 rings (SSSR count). The van der Waals surface area contributed by atoms with Crippen LogP contribution in [0.2, 0.25) is 0 Å². The van der Waals surface area contributed by atoms with E-state index >= 15 is 0 Å². The Morgan fingerprint density at radius 1 is 1.23 bits per heavy atom. The quantitative estimate of drug-likeness (QED) is 0.791. The predicted octanol–water partition coefficient (Wildman–Crippen LogP) is 1.05. The zero-order chi connectivity index (χ0) is 17.8. The minimum absolute atomic E-state index is 0.144. The van der Waals surface area contributed by atoms with E-state index < -0.39 is 0 Å². The van der Waals surface area contributed by atoms with E-state index in [0.29, 0.717) is 12.2 Å². The molecule has 8 heteroatoms. The Kier molecular flexibility index (Phi) is 5.62. The van der Waals surface area contributed by atoms with E-state index in [1.807, 2.05) is 11.3 Å². The van der Waals surface area contributed by atoms with Crippen LogP contribution >= 0.6 is 11.3 Å². The Hall–Kier alpha value is -1.77. The predicted molar refractivity (Wildman–Crippen MR) is 101 cm³/mol. The maximum atomic E-state index is 12.4. The molecule has 26 heavy (non-hydrogen) atoms. The van der Waals surface area contributed by atoms with Gasteiger partial charge in [-0.2, -0.15) is 0 Å². The summed E-state index contributed by atoms with van der Waals surface area (Å²) in [5, 5.41) is 16.7. The summed E-state index contributed by atoms with van der Waals surface area (Å²) in [7, 11) is 0. The first-order valence-electron chi connectivity index (χ1n) is 9.49. The minimum atomic E-state index is -0.144. The second-order valence-corrected chi connectivity index (χ2v) is 7.98. The number of aryl methyl sites for hydroxylation is 1. The van der Waals surface area contributed by atoms with Crippen LogP contribution in [0.25, 0.3) is 0 Å². The van der Waals surface area contributed by atoms with Gasteiger partial charge in [0.1, 0.15) is 0 Å². The molecule has 0 radical (unpaired) electrons. The van der Waals surface area contributed by atoms with E-state index in [-0.39, 0.29) is 5.91 Å². The first-order chi connectivity index (χ1) is 12.8. The molecule has 0 spiro atoms. The van der Waals surface area contributed by atoms with Crippen LogP contribution in [0.4, 0.5) is 0 Å². The van der Waals surface area contributed by atoms with Gasteiger partial charge >= 0.3 is 0 Å². The lowest BCUT2D eigenvalue weighted by Gasteiger charge is -2.26. The Bertz CT molecular complexity index is 749. The maximum absolute atomic E-state index is 12.4. The topological polar surface area (TPSA) is 75.1 Å². The monoisotopic (exact) mass is 374 g/mol. The molecule has 1 fully saturated rings. The van der Waals surface area contributed by atoms with Gasteiger partial charge in [-0.25, -0.2) is 0 Å². The normalized spacial score (nSPS) is 17.8. The SMILES string of the molecule is O=C(NCc1csc2c1CCCC2)c1cn(CCN2CCNCC2)nn1. The summed E-state index contributed by atoms with van der Waals surface area (Å²) in [6.07, 6.45) is 6.63. The van der Waals surface area contributed by atoms with Gasteiger partial charge in [-0.3, -0.25) is 14.4 Å². The van der Waals surface area contributed by atoms with Crippen LogP contribution in [0.5, 0.6) is 0 Å². The van der Waals surface area contributed by atoms with Gasteiger partial charge in [-0.05, 0) is 42.2 Å². The fourth-order valence-electron chi connectivity index (χ4n) is 3.67. The Morgan fingerprint density at radius 2 is 2.08 bits per heavy atom. The third-order valence-electron chi connectivity index (χ3n) is 5.21. The van der Waals surface area contributed by atoms with Crippen molar-refractivity contribution in [1.82, 2.24) is 30.5 Å². The van der Waals surface area contributed by atoms with Gasteiger partial charge in [-0.1, -0.05) is 5.21 Å². The van der Waals surface area contributed by atoms with Gasteiger partial charge in [0.25, 0.3) is 5.91 Å². The van der Waals surface area contributed by atoms with Crippen molar-refractivity contribution in [1.29, 1.82) is 0 Å². The van der Waals surface area contributed by atoms with Crippen LogP contribution < -0.4 is 10.6 Å². The first kappa shape index (κ1) is 17.6. The molecule has 0 saturated carbocycles. The lowest BCUT2D eigenvalue weighted by molar-refractivity contribution is 0.0945. The summed E-state index contributed by atoms with van der Waals surface area (Å²) in [6.45, 7) is 6.48. The van der Waals surface area contributed by atoms with Gasteiger partial charge in [0.05, 0.1) is 12.7 Å². The van der Waals surface area contributed by atoms with Crippen molar-refractivity contribution in [3.63, 3.8) is 0 Å². The number of amides is 1. The lowest BCUT2D eigenvalue weighted by Crippen LogP contribution is -2.44. The summed E-state index contributed by atoms with van der Waals surface area (Å²) in [4.78, 5) is 16.3. The van der Waals surface area contributed by atoms with Crippen molar-refractivity contribution >= 4 is 17.2 Å². The Balaban J connectivity index is 1.28. The Morgan fingerprint density at radius 3 is 2.96 bits per heavy atom. The first-order valence-corrected chi connectivity index (χ1v) is 10.4. The summed E-state index contributed by atoms with van der Waals surface area (Å²) in [5.74, 6) is -0.144. The maximum Gasteiger partial charge on any atom is 0.273 e. The van der Waals surface area contributed by atoms with Gasteiger partial charge in [0, 0.05) is 44.1 Å². The molecule has 2 aromatic heterocycles. The van der Waals surface area contributed by atoms with E-state index in [4.69, 9.17) is 0 Å². The average molecular weight is 375 g/mol. The van der Waals surface area contributed by atoms with E-state index in [0.717, 1.165) is 45.7 Å². The highest BCUT2D eigenvalue weighted by atomic mass is 32.1. The molecule has 1 aliphatic heterocycles. The smallest absolute Gasteiger partial charge is 0.273 e. The molecule has 3 heterocycles. The minimum Gasteiger partial charge on any atom is -0.346 e. The number of rotatable bonds is 6. The van der Waals surface area contributed by atoms with Crippen molar-refractivity contribution < 1.29 is 4.79 Å². The molecule has 1 amide bonds. The lowest BCUT2D eigenvalue weighted by atomic mass is 9.96. The molecule has 0 unspecified atom stereocenters. The molecule has 0 atom stereocenters. The number of hydrogen-bond donors (Lipinski definition) is 2. The van der Waals surface area contributed by atoms with Crippen LogP contribution in [0.3, 0.4) is 0 Å².